The Kier molecular flexibility index (Phi) is 45.7. The molecule has 65 heavy (non-hydrogen) atoms. The second kappa shape index (κ2) is 47.7. The van der Waals surface area contributed by atoms with Crippen LogP contribution < -0.4 is 0 Å². The van der Waals surface area contributed by atoms with E-state index in [1.807, 2.05) is 21.1 Å². The number of unbranched alkanes of at least 4 members (excludes halogenated alkanes) is 26. The highest BCUT2D eigenvalue weighted by atomic mass is 16.7. The molecule has 0 fully saturated rings. The largest absolute Gasteiger partial charge is 0.477 e. The molecular weight excluding hydrogens is 815 g/mol. The Morgan fingerprint density at radius 3 is 1.31 bits per heavy atom. The number of quaternary nitrogens is 1. The monoisotopic (exact) mass is 917 g/mol. The minimum absolute atomic E-state index is 0.179. The summed E-state index contributed by atoms with van der Waals surface area (Å²) in [5.74, 6) is -2.00. The van der Waals surface area contributed by atoms with Crippen molar-refractivity contribution in [3.05, 3.63) is 48.6 Å². The third-order valence-corrected chi connectivity index (χ3v) is 11.6. The van der Waals surface area contributed by atoms with Crippen LogP contribution >= 0.6 is 0 Å². The number of hydrogen-bond acceptors (Lipinski definition) is 7. The summed E-state index contributed by atoms with van der Waals surface area (Å²) in [7, 11) is 5.97. The van der Waals surface area contributed by atoms with E-state index < -0.39 is 24.3 Å². The van der Waals surface area contributed by atoms with Crippen LogP contribution in [-0.2, 0) is 33.3 Å². The van der Waals surface area contributed by atoms with Crippen LogP contribution in [0.1, 0.15) is 232 Å². The first-order valence-corrected chi connectivity index (χ1v) is 26.8. The van der Waals surface area contributed by atoms with Gasteiger partial charge in [-0.3, -0.25) is 9.59 Å². The number of carbonyl (C=O) groups excluding carboxylic acids is 2. The molecule has 9 heteroatoms. The number of likely N-dealkylation sites (N-methyl/N-ethyl adjacent to an activating group) is 1. The molecule has 0 aromatic carbocycles. The molecular formula is C56H102NO8+. The Morgan fingerprint density at radius 2 is 0.877 bits per heavy atom. The van der Waals surface area contributed by atoms with E-state index in [1.54, 1.807) is 0 Å². The molecule has 1 N–H and O–H groups in total. The van der Waals surface area contributed by atoms with Crippen molar-refractivity contribution in [2.45, 2.75) is 245 Å². The molecule has 0 aliphatic carbocycles. The summed E-state index contributed by atoms with van der Waals surface area (Å²) in [4.78, 5) is 37.3. The van der Waals surface area contributed by atoms with Crippen molar-refractivity contribution in [1.82, 2.24) is 0 Å². The summed E-state index contributed by atoms with van der Waals surface area (Å²) in [6, 6.07) is 0. The lowest BCUT2D eigenvalue weighted by molar-refractivity contribution is -0.870. The molecule has 0 aliphatic rings. The Balaban J connectivity index is 4.20. The topological polar surface area (TPSA) is 108 Å². The first-order valence-electron chi connectivity index (χ1n) is 26.8. The van der Waals surface area contributed by atoms with Crippen LogP contribution in [0.4, 0.5) is 0 Å². The lowest BCUT2D eigenvalue weighted by Crippen LogP contribution is -2.40. The van der Waals surface area contributed by atoms with E-state index in [2.05, 4.69) is 62.5 Å². The summed E-state index contributed by atoms with van der Waals surface area (Å²) in [6.45, 7) is 4.78. The highest BCUT2D eigenvalue weighted by Gasteiger charge is 2.25. The number of esters is 2. The van der Waals surface area contributed by atoms with Crippen molar-refractivity contribution in [3.8, 4) is 0 Å². The molecule has 0 saturated heterocycles. The zero-order valence-electron chi connectivity index (χ0n) is 42.9. The van der Waals surface area contributed by atoms with Gasteiger partial charge in [-0.25, -0.2) is 4.79 Å². The van der Waals surface area contributed by atoms with E-state index in [4.69, 9.17) is 18.9 Å². The molecule has 0 aromatic heterocycles. The van der Waals surface area contributed by atoms with E-state index in [0.717, 1.165) is 64.2 Å². The summed E-state index contributed by atoms with van der Waals surface area (Å²) < 4.78 is 22.8. The van der Waals surface area contributed by atoms with Crippen molar-refractivity contribution < 1.29 is 42.9 Å². The van der Waals surface area contributed by atoms with Gasteiger partial charge in [0.05, 0.1) is 34.4 Å². The Labute approximate surface area is 400 Å². The third kappa shape index (κ3) is 49.0. The van der Waals surface area contributed by atoms with Crippen molar-refractivity contribution in [1.29, 1.82) is 0 Å². The van der Waals surface area contributed by atoms with Gasteiger partial charge in [0.1, 0.15) is 13.2 Å². The number of carboxylic acid groups (broad SMARTS) is 1. The second-order valence-corrected chi connectivity index (χ2v) is 19.2. The predicted octanol–water partition coefficient (Wildman–Crippen LogP) is 15.1. The fourth-order valence-electron chi connectivity index (χ4n) is 7.48. The van der Waals surface area contributed by atoms with Crippen LogP contribution in [-0.4, -0.2) is 87.4 Å². The van der Waals surface area contributed by atoms with Crippen LogP contribution in [0.3, 0.4) is 0 Å². The van der Waals surface area contributed by atoms with Crippen molar-refractivity contribution >= 4 is 17.9 Å². The van der Waals surface area contributed by atoms with Gasteiger partial charge < -0.3 is 28.5 Å². The molecule has 0 amide bonds. The van der Waals surface area contributed by atoms with Crippen LogP contribution in [0.2, 0.25) is 0 Å². The third-order valence-electron chi connectivity index (χ3n) is 11.6. The van der Waals surface area contributed by atoms with E-state index in [1.165, 1.54) is 141 Å². The number of aliphatic carboxylic acids is 1. The van der Waals surface area contributed by atoms with Crippen LogP contribution in [0.25, 0.3) is 0 Å². The number of allylic oxidation sites excluding steroid dienone is 8. The number of carboxylic acids is 1. The lowest BCUT2D eigenvalue weighted by Gasteiger charge is -2.25. The van der Waals surface area contributed by atoms with Crippen LogP contribution in [0.15, 0.2) is 48.6 Å². The fraction of sp³-hybridized carbons (Fsp3) is 0.804. The highest BCUT2D eigenvalue weighted by molar-refractivity contribution is 5.71. The zero-order valence-corrected chi connectivity index (χ0v) is 42.9. The minimum Gasteiger partial charge on any atom is -0.477 e. The standard InChI is InChI=1S/C56H101NO8/c1-6-8-10-12-14-16-18-20-21-22-23-24-25-26-27-28-29-30-31-32-33-35-37-39-41-43-45-47-54(59)65-52(51-64-56(55(60)61)62-49-48-57(3,4)5)50-63-53(58)46-44-42-40-38-36-34-19-17-15-13-11-9-7-2/h8,10,14,16,20-21,23-24,52,56H,6-7,9,11-13,15,17-19,22,25-51H2,1-5H3/p+1/b10-8-,16-14-,21-20-,24-23-. The molecule has 0 radical (unpaired) electrons. The first-order chi connectivity index (χ1) is 31.6. The lowest BCUT2D eigenvalue weighted by atomic mass is 10.0. The van der Waals surface area contributed by atoms with E-state index in [9.17, 15) is 19.5 Å². The quantitative estimate of drug-likeness (QED) is 0.0211. The Morgan fingerprint density at radius 1 is 0.477 bits per heavy atom. The summed E-state index contributed by atoms with van der Waals surface area (Å²) in [5, 5.41) is 9.67. The van der Waals surface area contributed by atoms with Gasteiger partial charge >= 0.3 is 17.9 Å². The second-order valence-electron chi connectivity index (χ2n) is 19.2. The summed E-state index contributed by atoms with van der Waals surface area (Å²) in [6.07, 6.45) is 54.7. The predicted molar refractivity (Wildman–Crippen MR) is 272 cm³/mol. The minimum atomic E-state index is -1.51. The van der Waals surface area contributed by atoms with Crippen molar-refractivity contribution in [3.63, 3.8) is 0 Å². The SMILES string of the molecule is CC/C=C\C/C=C\C/C=C\C/C=C\CCCCCCCCCCCCCCCCC(=O)OC(COC(=O)CCCCCCCCCCCCCCC)COC(OCC[N+](C)(C)C)C(=O)O. The van der Waals surface area contributed by atoms with E-state index in [-0.39, 0.29) is 32.2 Å². The number of hydrogen-bond donors (Lipinski definition) is 1. The van der Waals surface area contributed by atoms with Gasteiger partial charge in [-0.1, -0.05) is 217 Å². The van der Waals surface area contributed by atoms with Gasteiger partial charge in [0.25, 0.3) is 6.29 Å². The highest BCUT2D eigenvalue weighted by Crippen LogP contribution is 2.16. The van der Waals surface area contributed by atoms with Crippen molar-refractivity contribution in [2.24, 2.45) is 0 Å². The van der Waals surface area contributed by atoms with Gasteiger partial charge in [-0.15, -0.1) is 0 Å². The number of ether oxygens (including phenoxy) is 4. The van der Waals surface area contributed by atoms with Crippen molar-refractivity contribution in [2.75, 3.05) is 47.5 Å². The van der Waals surface area contributed by atoms with Gasteiger partial charge in [0, 0.05) is 12.8 Å². The maximum absolute atomic E-state index is 12.8. The normalized spacial score (nSPS) is 13.2. The maximum atomic E-state index is 12.8. The molecule has 2 atom stereocenters. The summed E-state index contributed by atoms with van der Waals surface area (Å²) in [5.41, 5.74) is 0. The van der Waals surface area contributed by atoms with Crippen LogP contribution in [0, 0.1) is 0 Å². The molecule has 0 bridgehead atoms. The van der Waals surface area contributed by atoms with E-state index >= 15 is 0 Å². The smallest absolute Gasteiger partial charge is 0.361 e. The first kappa shape index (κ1) is 62.2. The van der Waals surface area contributed by atoms with E-state index in [0.29, 0.717) is 17.4 Å². The molecule has 0 saturated carbocycles. The molecule has 0 aliphatic heterocycles. The molecule has 2 unspecified atom stereocenters. The molecule has 9 nitrogen and oxygen atoms in total. The van der Waals surface area contributed by atoms with Gasteiger partial charge in [-0.05, 0) is 51.4 Å². The average molecular weight is 917 g/mol. The number of carbonyl (C=O) groups is 3. The zero-order chi connectivity index (χ0) is 47.7. The van der Waals surface area contributed by atoms with Gasteiger partial charge in [0.2, 0.25) is 0 Å². The number of rotatable bonds is 49. The fourth-order valence-corrected chi connectivity index (χ4v) is 7.48. The van der Waals surface area contributed by atoms with Gasteiger partial charge in [0.15, 0.2) is 6.10 Å². The molecule has 0 aromatic rings. The molecule has 0 heterocycles. The number of nitrogens with zero attached hydrogens (tertiary/aromatic N) is 1. The Bertz CT molecular complexity index is 1210. The Hall–Kier alpha value is -2.75. The summed E-state index contributed by atoms with van der Waals surface area (Å²) >= 11 is 0. The van der Waals surface area contributed by atoms with Gasteiger partial charge in [-0.2, -0.15) is 0 Å². The molecule has 378 valence electrons. The average Bonchev–Trinajstić information content (AvgIpc) is 3.27. The molecule has 0 spiro atoms. The molecule has 0 rings (SSSR count). The van der Waals surface area contributed by atoms with Crippen LogP contribution in [0.5, 0.6) is 0 Å². The maximum Gasteiger partial charge on any atom is 0.361 e.